The Labute approximate surface area is 98.9 Å². The Kier molecular flexibility index (Phi) is 6.90. The van der Waals surface area contributed by atoms with Crippen LogP contribution in [-0.2, 0) is 0 Å². The van der Waals surface area contributed by atoms with E-state index >= 15 is 0 Å². The van der Waals surface area contributed by atoms with E-state index in [0.29, 0.717) is 0 Å². The number of β-amino-alcohol motifs (C(OH)–C–C–N with tert-alkyl or cyclic N) is 1. The molecule has 0 radical (unpaired) electrons. The van der Waals surface area contributed by atoms with Gasteiger partial charge < -0.3 is 10.0 Å². The lowest BCUT2D eigenvalue weighted by molar-refractivity contribution is 0.255. The number of rotatable bonds is 9. The molecule has 0 spiro atoms. The third-order valence-corrected chi connectivity index (χ3v) is 2.96. The molecule has 0 aromatic rings. The highest BCUT2D eigenvalue weighted by Crippen LogP contribution is 2.11. The molecule has 0 aromatic heterocycles. The van der Waals surface area contributed by atoms with Gasteiger partial charge in [-0.1, -0.05) is 18.9 Å². The van der Waals surface area contributed by atoms with Crippen LogP contribution in [0.1, 0.15) is 38.5 Å². The van der Waals surface area contributed by atoms with Gasteiger partial charge >= 0.3 is 0 Å². The molecule has 0 atom stereocenters. The average molecular weight is 224 g/mol. The highest BCUT2D eigenvalue weighted by molar-refractivity contribution is 5.83. The number of aliphatic hydroxyl groups is 1. The van der Waals surface area contributed by atoms with E-state index in [1.54, 1.807) is 0 Å². The summed E-state index contributed by atoms with van der Waals surface area (Å²) in [7, 11) is 0. The fraction of sp³-hybridized carbons (Fsp3) is 0.769. The highest BCUT2D eigenvalue weighted by atomic mass is 16.3. The molecule has 0 fully saturated rings. The molecule has 0 bridgehead atoms. The van der Waals surface area contributed by atoms with Gasteiger partial charge in [0.15, 0.2) is 0 Å². The molecule has 3 heteroatoms. The van der Waals surface area contributed by atoms with Gasteiger partial charge in [0.05, 0.1) is 19.0 Å². The van der Waals surface area contributed by atoms with Crippen molar-refractivity contribution in [2.45, 2.75) is 38.5 Å². The normalized spacial score (nSPS) is 15.3. The summed E-state index contributed by atoms with van der Waals surface area (Å²) in [5.74, 6) is 1.21. The molecule has 0 aliphatic carbocycles. The number of aliphatic imine (C=N–C) groups is 1. The van der Waals surface area contributed by atoms with Gasteiger partial charge in [0.25, 0.3) is 0 Å². The predicted octanol–water partition coefficient (Wildman–Crippen LogP) is 2.22. The van der Waals surface area contributed by atoms with Crippen LogP contribution in [0.25, 0.3) is 0 Å². The minimum absolute atomic E-state index is 0.234. The van der Waals surface area contributed by atoms with Gasteiger partial charge in [-0.15, -0.1) is 6.58 Å². The summed E-state index contributed by atoms with van der Waals surface area (Å²) in [6.45, 7) is 6.60. The first kappa shape index (κ1) is 13.2. The zero-order chi connectivity index (χ0) is 11.6. The van der Waals surface area contributed by atoms with Crippen LogP contribution >= 0.6 is 0 Å². The number of hydrogen-bond donors (Lipinski definition) is 1. The van der Waals surface area contributed by atoms with E-state index < -0.39 is 0 Å². The second-order valence-corrected chi connectivity index (χ2v) is 4.25. The summed E-state index contributed by atoms with van der Waals surface area (Å²) < 4.78 is 0. The lowest BCUT2D eigenvalue weighted by atomic mass is 10.1. The van der Waals surface area contributed by atoms with Crippen LogP contribution in [-0.4, -0.2) is 42.1 Å². The Morgan fingerprint density at radius 1 is 1.31 bits per heavy atom. The Hall–Kier alpha value is -0.830. The third-order valence-electron chi connectivity index (χ3n) is 2.96. The third kappa shape index (κ3) is 4.79. The summed E-state index contributed by atoms with van der Waals surface area (Å²) >= 11 is 0. The molecule has 92 valence electrons. The predicted molar refractivity (Wildman–Crippen MR) is 68.9 cm³/mol. The summed E-state index contributed by atoms with van der Waals surface area (Å²) in [5, 5.41) is 8.91. The van der Waals surface area contributed by atoms with Gasteiger partial charge in [0.1, 0.15) is 0 Å². The number of nitrogens with zero attached hydrogens (tertiary/aromatic N) is 2. The Morgan fingerprint density at radius 2 is 2.12 bits per heavy atom. The molecule has 0 amide bonds. The van der Waals surface area contributed by atoms with Gasteiger partial charge in [-0.2, -0.15) is 0 Å². The molecular formula is C13H24N2O. The molecule has 1 rings (SSSR count). The summed E-state index contributed by atoms with van der Waals surface area (Å²) in [6, 6.07) is 0. The number of aliphatic hydroxyl groups excluding tert-OH is 1. The summed E-state index contributed by atoms with van der Waals surface area (Å²) in [5.41, 5.74) is 0. The number of allylic oxidation sites excluding steroid dienone is 1. The number of hydrogen-bond acceptors (Lipinski definition) is 3. The average Bonchev–Trinajstić information content (AvgIpc) is 2.72. The maximum Gasteiger partial charge on any atom is 0.0991 e. The quantitative estimate of drug-likeness (QED) is 0.481. The molecule has 1 heterocycles. The van der Waals surface area contributed by atoms with Crippen LogP contribution in [0.15, 0.2) is 17.6 Å². The van der Waals surface area contributed by atoms with Crippen molar-refractivity contribution in [3.05, 3.63) is 12.7 Å². The first-order valence-corrected chi connectivity index (χ1v) is 6.38. The zero-order valence-electron chi connectivity index (χ0n) is 10.2. The number of unbranched alkanes of at least 4 members (excludes halogenated alkanes) is 4. The molecule has 16 heavy (non-hydrogen) atoms. The minimum atomic E-state index is 0.234. The standard InChI is InChI=1S/C13H24N2O/c1-2-3-4-5-6-7-8-13-14-9-10-15(13)11-12-16/h2,16H,1,3-12H2. The molecule has 1 aliphatic rings. The van der Waals surface area contributed by atoms with Crippen LogP contribution in [0.3, 0.4) is 0 Å². The molecule has 0 aromatic carbocycles. The van der Waals surface area contributed by atoms with Crippen LogP contribution in [0.4, 0.5) is 0 Å². The van der Waals surface area contributed by atoms with Crippen molar-refractivity contribution in [2.75, 3.05) is 26.2 Å². The van der Waals surface area contributed by atoms with Crippen molar-refractivity contribution in [3.63, 3.8) is 0 Å². The molecular weight excluding hydrogens is 200 g/mol. The van der Waals surface area contributed by atoms with Crippen molar-refractivity contribution >= 4 is 5.84 Å². The van der Waals surface area contributed by atoms with Crippen molar-refractivity contribution in [2.24, 2.45) is 4.99 Å². The largest absolute Gasteiger partial charge is 0.395 e. The van der Waals surface area contributed by atoms with Gasteiger partial charge in [-0.3, -0.25) is 4.99 Å². The van der Waals surface area contributed by atoms with E-state index in [2.05, 4.69) is 16.5 Å². The Bertz CT molecular complexity index is 226. The van der Waals surface area contributed by atoms with Crippen LogP contribution in [0.2, 0.25) is 0 Å². The zero-order valence-corrected chi connectivity index (χ0v) is 10.2. The second-order valence-electron chi connectivity index (χ2n) is 4.25. The SMILES string of the molecule is C=CCCCCCCC1=NCCN1CCO. The lowest BCUT2D eigenvalue weighted by Crippen LogP contribution is -2.30. The molecule has 3 nitrogen and oxygen atoms in total. The molecule has 0 saturated carbocycles. The fourth-order valence-electron chi connectivity index (χ4n) is 2.05. The Balaban J connectivity index is 2.05. The first-order valence-electron chi connectivity index (χ1n) is 6.38. The fourth-order valence-corrected chi connectivity index (χ4v) is 2.05. The van der Waals surface area contributed by atoms with Gasteiger partial charge in [-0.05, 0) is 19.3 Å². The van der Waals surface area contributed by atoms with Crippen molar-refractivity contribution in [1.29, 1.82) is 0 Å². The van der Waals surface area contributed by atoms with E-state index in [0.717, 1.165) is 32.5 Å². The Morgan fingerprint density at radius 3 is 2.88 bits per heavy atom. The topological polar surface area (TPSA) is 35.8 Å². The number of amidine groups is 1. The maximum atomic E-state index is 8.91. The minimum Gasteiger partial charge on any atom is -0.395 e. The monoisotopic (exact) mass is 224 g/mol. The van der Waals surface area contributed by atoms with Crippen molar-refractivity contribution in [3.8, 4) is 0 Å². The molecule has 0 unspecified atom stereocenters. The first-order chi connectivity index (χ1) is 7.88. The van der Waals surface area contributed by atoms with Gasteiger partial charge in [0.2, 0.25) is 0 Å². The van der Waals surface area contributed by atoms with Crippen LogP contribution < -0.4 is 0 Å². The second kappa shape index (κ2) is 8.34. The van der Waals surface area contributed by atoms with E-state index in [9.17, 15) is 0 Å². The summed E-state index contributed by atoms with van der Waals surface area (Å²) in [6.07, 6.45) is 9.25. The van der Waals surface area contributed by atoms with Crippen LogP contribution in [0, 0.1) is 0 Å². The van der Waals surface area contributed by atoms with Gasteiger partial charge in [-0.25, -0.2) is 0 Å². The molecule has 1 N–H and O–H groups in total. The molecule has 0 saturated heterocycles. The van der Waals surface area contributed by atoms with Crippen LogP contribution in [0.5, 0.6) is 0 Å². The van der Waals surface area contributed by atoms with Gasteiger partial charge in [0, 0.05) is 19.5 Å². The van der Waals surface area contributed by atoms with E-state index in [4.69, 9.17) is 5.11 Å². The van der Waals surface area contributed by atoms with Crippen molar-refractivity contribution < 1.29 is 5.11 Å². The van der Waals surface area contributed by atoms with E-state index in [1.807, 2.05) is 6.08 Å². The van der Waals surface area contributed by atoms with Crippen molar-refractivity contribution in [1.82, 2.24) is 4.90 Å². The smallest absolute Gasteiger partial charge is 0.0991 e. The van der Waals surface area contributed by atoms with E-state index in [-0.39, 0.29) is 6.61 Å². The molecule has 1 aliphatic heterocycles. The van der Waals surface area contributed by atoms with E-state index in [1.165, 1.54) is 31.5 Å². The maximum absolute atomic E-state index is 8.91. The highest BCUT2D eigenvalue weighted by Gasteiger charge is 2.14. The summed E-state index contributed by atoms with van der Waals surface area (Å²) in [4.78, 5) is 6.70. The lowest BCUT2D eigenvalue weighted by Gasteiger charge is -2.18.